The van der Waals surface area contributed by atoms with Crippen LogP contribution in [0.15, 0.2) is 48.5 Å². The van der Waals surface area contributed by atoms with Crippen LogP contribution in [0.3, 0.4) is 0 Å². The lowest BCUT2D eigenvalue weighted by molar-refractivity contribution is 0.103. The molecule has 0 aliphatic heterocycles. The maximum absolute atomic E-state index is 13.2. The highest BCUT2D eigenvalue weighted by Gasteiger charge is 2.25. The van der Waals surface area contributed by atoms with Gasteiger partial charge in [-0.2, -0.15) is 0 Å². The lowest BCUT2D eigenvalue weighted by Crippen LogP contribution is -2.13. The van der Waals surface area contributed by atoms with E-state index >= 15 is 0 Å². The second-order valence-corrected chi connectivity index (χ2v) is 9.53. The lowest BCUT2D eigenvalue weighted by Gasteiger charge is -2.21. The summed E-state index contributed by atoms with van der Waals surface area (Å²) in [7, 11) is 0.0865. The van der Waals surface area contributed by atoms with Crippen LogP contribution in [-0.4, -0.2) is 5.78 Å². The Bertz CT molecular complexity index is 787. The van der Waals surface area contributed by atoms with Crippen LogP contribution in [0.4, 0.5) is 0 Å². The molecule has 0 saturated heterocycles. The van der Waals surface area contributed by atoms with E-state index in [9.17, 15) is 9.36 Å². The summed E-state index contributed by atoms with van der Waals surface area (Å²) < 4.78 is 12.0. The molecule has 0 spiro atoms. The molecule has 2 unspecified atom stereocenters. The van der Waals surface area contributed by atoms with E-state index in [0.29, 0.717) is 11.1 Å². The van der Waals surface area contributed by atoms with Crippen molar-refractivity contribution in [3.05, 3.63) is 70.8 Å². The molecule has 0 fully saturated rings. The first kappa shape index (κ1) is 22.5. The van der Waals surface area contributed by atoms with Gasteiger partial charge in [-0.15, -0.1) is 0 Å². The summed E-state index contributed by atoms with van der Waals surface area (Å²) in [6, 6.07) is 15.5. The number of benzene rings is 2. The van der Waals surface area contributed by atoms with Crippen LogP contribution >= 0.6 is 8.46 Å². The summed E-state index contributed by atoms with van der Waals surface area (Å²) in [5.74, 6) is 0.272. The van der Waals surface area contributed by atoms with E-state index in [0.717, 1.165) is 18.4 Å². The van der Waals surface area contributed by atoms with Crippen molar-refractivity contribution in [1.82, 2.24) is 0 Å². The Hall–Kier alpha value is -1.79. The van der Waals surface area contributed by atoms with Gasteiger partial charge in [0.05, 0.1) is 5.66 Å². The molecule has 0 heterocycles. The molecule has 150 valence electrons. The minimum absolute atomic E-state index is 0.00506. The van der Waals surface area contributed by atoms with E-state index in [-0.39, 0.29) is 31.2 Å². The number of rotatable bonds is 9. The zero-order valence-corrected chi connectivity index (χ0v) is 18.8. The first-order chi connectivity index (χ1) is 13.3. The Morgan fingerprint density at radius 1 is 1.00 bits per heavy atom. The fourth-order valence-electron chi connectivity index (χ4n) is 3.58. The van der Waals surface area contributed by atoms with Crippen molar-refractivity contribution >= 4 is 14.2 Å². The van der Waals surface area contributed by atoms with Crippen LogP contribution in [0.25, 0.3) is 0 Å². The third-order valence-electron chi connectivity index (χ3n) is 5.45. The highest BCUT2D eigenvalue weighted by Crippen LogP contribution is 2.39. The molecule has 2 aromatic rings. The van der Waals surface area contributed by atoms with Gasteiger partial charge in [-0.25, -0.2) is 0 Å². The van der Waals surface area contributed by atoms with E-state index in [1.54, 1.807) is 0 Å². The average molecular weight is 397 g/mol. The quantitative estimate of drug-likeness (QED) is 0.246. The Labute approximate surface area is 172 Å². The van der Waals surface area contributed by atoms with Crippen molar-refractivity contribution in [2.24, 2.45) is 5.92 Å². The van der Waals surface area contributed by atoms with Gasteiger partial charge in [-0.1, -0.05) is 102 Å². The molecule has 0 saturated carbocycles. The third-order valence-corrected chi connectivity index (χ3v) is 6.47. The Morgan fingerprint density at radius 2 is 1.64 bits per heavy atom. The predicted molar refractivity (Wildman–Crippen MR) is 119 cm³/mol. The van der Waals surface area contributed by atoms with Gasteiger partial charge in [-0.3, -0.25) is 9.36 Å². The summed E-state index contributed by atoms with van der Waals surface area (Å²) in [5, 5.41) is 0. The predicted octanol–water partition coefficient (Wildman–Crippen LogP) is 7.76. The van der Waals surface area contributed by atoms with Crippen LogP contribution in [-0.2, 0) is 9.98 Å². The van der Waals surface area contributed by atoms with Crippen molar-refractivity contribution < 1.29 is 9.36 Å². The summed E-state index contributed by atoms with van der Waals surface area (Å²) in [6.45, 7) is 10.8. The SMILES string of the molecule is CCCCCC(C)C(P=O)c1ccccc1C(=O)c1ccc(C(C)(C)C)cc1. The molecule has 0 aliphatic rings. The number of carbonyl (C=O) groups is 1. The van der Waals surface area contributed by atoms with Crippen molar-refractivity contribution in [3.8, 4) is 0 Å². The van der Waals surface area contributed by atoms with Crippen molar-refractivity contribution in [2.45, 2.75) is 71.4 Å². The van der Waals surface area contributed by atoms with E-state index < -0.39 is 0 Å². The minimum atomic E-state index is -0.147. The summed E-state index contributed by atoms with van der Waals surface area (Å²) >= 11 is 0. The Balaban J connectivity index is 2.31. The van der Waals surface area contributed by atoms with E-state index in [1.807, 2.05) is 48.5 Å². The van der Waals surface area contributed by atoms with Gasteiger partial charge >= 0.3 is 0 Å². The molecule has 0 N–H and O–H groups in total. The molecular weight excluding hydrogens is 363 g/mol. The monoisotopic (exact) mass is 396 g/mol. The topological polar surface area (TPSA) is 34.1 Å². The van der Waals surface area contributed by atoms with Crippen LogP contribution in [0.2, 0.25) is 0 Å². The van der Waals surface area contributed by atoms with Gasteiger partial charge in [0.15, 0.2) is 14.2 Å². The van der Waals surface area contributed by atoms with E-state index in [1.165, 1.54) is 18.4 Å². The second kappa shape index (κ2) is 10.1. The second-order valence-electron chi connectivity index (χ2n) is 8.77. The molecule has 3 heteroatoms. The Kier molecular flexibility index (Phi) is 8.13. The summed E-state index contributed by atoms with van der Waals surface area (Å²) in [4.78, 5) is 13.2. The molecule has 0 radical (unpaired) electrons. The molecule has 0 aliphatic carbocycles. The smallest absolute Gasteiger partial charge is 0.193 e. The summed E-state index contributed by atoms with van der Waals surface area (Å²) in [6.07, 6.45) is 4.52. The van der Waals surface area contributed by atoms with Gasteiger partial charge < -0.3 is 0 Å². The fraction of sp³-hybridized carbons (Fsp3) is 0.480. The van der Waals surface area contributed by atoms with Gasteiger partial charge in [0.2, 0.25) is 0 Å². The molecule has 0 amide bonds. The fourth-order valence-corrected chi connectivity index (χ4v) is 4.28. The number of hydrogen-bond acceptors (Lipinski definition) is 2. The number of hydrogen-bond donors (Lipinski definition) is 0. The first-order valence-electron chi connectivity index (χ1n) is 10.4. The zero-order valence-electron chi connectivity index (χ0n) is 17.9. The van der Waals surface area contributed by atoms with Gasteiger partial charge in [0.25, 0.3) is 0 Å². The largest absolute Gasteiger partial charge is 0.289 e. The molecule has 28 heavy (non-hydrogen) atoms. The van der Waals surface area contributed by atoms with Crippen LogP contribution in [0.1, 0.15) is 93.0 Å². The number of carbonyl (C=O) groups excluding carboxylic acids is 1. The van der Waals surface area contributed by atoms with Gasteiger partial charge in [0, 0.05) is 11.1 Å². The molecule has 2 aromatic carbocycles. The van der Waals surface area contributed by atoms with Crippen LogP contribution in [0, 0.1) is 5.92 Å². The van der Waals surface area contributed by atoms with Crippen LogP contribution < -0.4 is 0 Å². The molecule has 2 atom stereocenters. The normalized spacial score (nSPS) is 14.0. The van der Waals surface area contributed by atoms with Crippen LogP contribution in [0.5, 0.6) is 0 Å². The van der Waals surface area contributed by atoms with Crippen molar-refractivity contribution in [1.29, 1.82) is 0 Å². The molecule has 0 aromatic heterocycles. The molecule has 2 nitrogen and oxygen atoms in total. The molecule has 2 rings (SSSR count). The standard InChI is InChI=1S/C25H33O2P/c1-6-7-8-11-18(2)24(28-27)22-13-10-9-12-21(22)23(26)19-14-16-20(17-15-19)25(3,4)5/h9-10,12-18,24H,6-8,11H2,1-5H3. The molecular formula is C25H33O2P. The number of ketones is 1. The zero-order chi connectivity index (χ0) is 20.7. The minimum Gasteiger partial charge on any atom is -0.289 e. The maximum Gasteiger partial charge on any atom is 0.193 e. The van der Waals surface area contributed by atoms with Gasteiger partial charge in [-0.05, 0) is 28.9 Å². The number of unbranched alkanes of at least 4 members (excludes halogenated alkanes) is 2. The summed E-state index contributed by atoms with van der Waals surface area (Å²) in [5.41, 5.74) is 3.36. The van der Waals surface area contributed by atoms with E-state index in [2.05, 4.69) is 34.6 Å². The first-order valence-corrected chi connectivity index (χ1v) is 11.2. The van der Waals surface area contributed by atoms with Crippen molar-refractivity contribution in [3.63, 3.8) is 0 Å². The lowest BCUT2D eigenvalue weighted by atomic mass is 9.85. The maximum atomic E-state index is 13.2. The highest BCUT2D eigenvalue weighted by molar-refractivity contribution is 7.24. The van der Waals surface area contributed by atoms with Crippen molar-refractivity contribution in [2.75, 3.05) is 0 Å². The van der Waals surface area contributed by atoms with Gasteiger partial charge in [0.1, 0.15) is 0 Å². The molecule has 0 bridgehead atoms. The van der Waals surface area contributed by atoms with E-state index in [4.69, 9.17) is 0 Å². The Morgan fingerprint density at radius 3 is 2.21 bits per heavy atom. The highest BCUT2D eigenvalue weighted by atomic mass is 31.1. The average Bonchev–Trinajstić information content (AvgIpc) is 2.68. The third kappa shape index (κ3) is 5.61.